The maximum atomic E-state index is 14.0. The van der Waals surface area contributed by atoms with Crippen LogP contribution in [0.1, 0.15) is 31.2 Å². The summed E-state index contributed by atoms with van der Waals surface area (Å²) in [6, 6.07) is 6.23. The highest BCUT2D eigenvalue weighted by molar-refractivity contribution is 9.11. The fourth-order valence-corrected chi connectivity index (χ4v) is 3.78. The van der Waals surface area contributed by atoms with Crippen molar-refractivity contribution in [1.82, 2.24) is 4.72 Å². The molecule has 2 N–H and O–H groups in total. The van der Waals surface area contributed by atoms with Gasteiger partial charge >= 0.3 is 0 Å². The number of allylic oxidation sites excluding steroid dienone is 4. The number of hydrogen-bond acceptors (Lipinski definition) is 3. The van der Waals surface area contributed by atoms with Crippen LogP contribution in [0, 0.1) is 0 Å². The van der Waals surface area contributed by atoms with Crippen molar-refractivity contribution in [2.24, 2.45) is 0 Å². The second kappa shape index (κ2) is 8.19. The highest BCUT2D eigenvalue weighted by atomic mass is 79.9. The summed E-state index contributed by atoms with van der Waals surface area (Å²) in [5, 5.41) is 8.69. The molecule has 0 radical (unpaired) electrons. The second-order valence-electron chi connectivity index (χ2n) is 5.27. The minimum atomic E-state index is -3.57. The Morgan fingerprint density at radius 2 is 1.87 bits per heavy atom. The van der Waals surface area contributed by atoms with Crippen LogP contribution >= 0.6 is 15.9 Å². The average molecular weight is 404 g/mol. The van der Waals surface area contributed by atoms with Gasteiger partial charge in [0.2, 0.25) is 10.0 Å². The Balaban J connectivity index is 2.12. The molecule has 0 fully saturated rings. The first-order valence-electron chi connectivity index (χ1n) is 7.40. The molecule has 7 heteroatoms. The molecule has 0 saturated carbocycles. The molecular formula is C16H19BrFNO3S. The van der Waals surface area contributed by atoms with Crippen molar-refractivity contribution in [1.29, 1.82) is 0 Å². The number of hydrogen-bond donors (Lipinski definition) is 2. The zero-order chi connectivity index (χ0) is 16.9. The molecule has 0 saturated heterocycles. The van der Waals surface area contributed by atoms with Crippen molar-refractivity contribution < 1.29 is 17.9 Å². The fraction of sp³-hybridized carbons (Fsp3) is 0.375. The smallest absolute Gasteiger partial charge is 0.240 e. The minimum Gasteiger partial charge on any atom is -0.396 e. The second-order valence-corrected chi connectivity index (χ2v) is 8.06. The summed E-state index contributed by atoms with van der Waals surface area (Å²) >= 11 is 3.29. The highest BCUT2D eigenvalue weighted by Crippen LogP contribution is 2.34. The van der Waals surface area contributed by atoms with Gasteiger partial charge in [-0.05, 0) is 59.5 Å². The molecule has 1 aliphatic carbocycles. The summed E-state index contributed by atoms with van der Waals surface area (Å²) in [4.78, 5) is 0.152. The first-order valence-corrected chi connectivity index (χ1v) is 9.67. The van der Waals surface area contributed by atoms with Crippen LogP contribution in [0.2, 0.25) is 0 Å². The van der Waals surface area contributed by atoms with Gasteiger partial charge in [0.05, 0.1) is 4.90 Å². The first kappa shape index (κ1) is 18.3. The van der Waals surface area contributed by atoms with Crippen LogP contribution in [0.25, 0.3) is 5.57 Å². The molecule has 1 aromatic rings. The molecule has 2 rings (SSSR count). The predicted molar refractivity (Wildman–Crippen MR) is 92.2 cm³/mol. The molecule has 1 aromatic carbocycles. The van der Waals surface area contributed by atoms with Crippen LogP contribution in [-0.2, 0) is 10.0 Å². The van der Waals surface area contributed by atoms with E-state index in [-0.39, 0.29) is 23.9 Å². The Hall–Kier alpha value is -1.02. The minimum absolute atomic E-state index is 0.0433. The molecule has 0 aromatic heterocycles. The molecule has 0 unspecified atom stereocenters. The van der Waals surface area contributed by atoms with E-state index in [1.165, 1.54) is 18.2 Å². The fourth-order valence-electron chi connectivity index (χ4n) is 2.30. The molecule has 0 amide bonds. The molecule has 126 valence electrons. The van der Waals surface area contributed by atoms with E-state index in [9.17, 15) is 12.8 Å². The SMILES string of the molecule is O=S(=O)(NCCCCO)c1ccc(C2=C(F)C=C(Br)CC2)cc1. The number of unbranched alkanes of at least 4 members (excludes halogenated alkanes) is 1. The van der Waals surface area contributed by atoms with E-state index in [0.717, 1.165) is 10.9 Å². The van der Waals surface area contributed by atoms with E-state index in [2.05, 4.69) is 20.7 Å². The quantitative estimate of drug-likeness (QED) is 0.684. The normalized spacial score (nSPS) is 15.7. The lowest BCUT2D eigenvalue weighted by molar-refractivity contribution is 0.285. The number of benzene rings is 1. The van der Waals surface area contributed by atoms with Gasteiger partial charge in [-0.1, -0.05) is 28.1 Å². The van der Waals surface area contributed by atoms with E-state index in [1.807, 2.05) is 0 Å². The van der Waals surface area contributed by atoms with Gasteiger partial charge in [-0.15, -0.1) is 0 Å². The number of sulfonamides is 1. The number of halogens is 2. The Labute approximate surface area is 144 Å². The van der Waals surface area contributed by atoms with Crippen molar-refractivity contribution in [3.8, 4) is 0 Å². The number of aliphatic hydroxyl groups excluding tert-OH is 1. The predicted octanol–water partition coefficient (Wildman–Crippen LogP) is 3.49. The molecule has 1 aliphatic rings. The van der Waals surface area contributed by atoms with Crippen LogP contribution in [0.15, 0.2) is 45.5 Å². The number of aliphatic hydroxyl groups is 1. The molecule has 0 aliphatic heterocycles. The van der Waals surface area contributed by atoms with Crippen molar-refractivity contribution in [3.63, 3.8) is 0 Å². The van der Waals surface area contributed by atoms with Crippen molar-refractivity contribution in [3.05, 3.63) is 46.2 Å². The molecule has 23 heavy (non-hydrogen) atoms. The number of rotatable bonds is 7. The zero-order valence-corrected chi connectivity index (χ0v) is 15.0. The summed E-state index contributed by atoms with van der Waals surface area (Å²) < 4.78 is 41.5. The Morgan fingerprint density at radius 1 is 1.17 bits per heavy atom. The third-order valence-corrected chi connectivity index (χ3v) is 5.68. The van der Waals surface area contributed by atoms with E-state index in [4.69, 9.17) is 5.11 Å². The third-order valence-electron chi connectivity index (χ3n) is 3.58. The Morgan fingerprint density at radius 3 is 2.48 bits per heavy atom. The first-order chi connectivity index (χ1) is 10.9. The van der Waals surface area contributed by atoms with Gasteiger partial charge in [0.15, 0.2) is 0 Å². The highest BCUT2D eigenvalue weighted by Gasteiger charge is 2.16. The van der Waals surface area contributed by atoms with E-state index >= 15 is 0 Å². The molecule has 0 bridgehead atoms. The summed E-state index contributed by atoms with van der Waals surface area (Å²) in [6.45, 7) is 0.324. The lowest BCUT2D eigenvalue weighted by atomic mass is 9.97. The molecule has 4 nitrogen and oxygen atoms in total. The van der Waals surface area contributed by atoms with Crippen LogP contribution in [0.5, 0.6) is 0 Å². The van der Waals surface area contributed by atoms with Crippen LogP contribution in [-0.4, -0.2) is 26.7 Å². The Bertz CT molecular complexity index is 711. The van der Waals surface area contributed by atoms with E-state index in [1.54, 1.807) is 12.1 Å². The van der Waals surface area contributed by atoms with Gasteiger partial charge in [-0.2, -0.15) is 0 Å². The van der Waals surface area contributed by atoms with Gasteiger partial charge in [-0.3, -0.25) is 0 Å². The van der Waals surface area contributed by atoms with Gasteiger partial charge in [0, 0.05) is 13.2 Å². The summed E-state index contributed by atoms with van der Waals surface area (Å²) in [6.07, 6.45) is 3.89. The molecular weight excluding hydrogens is 385 g/mol. The maximum absolute atomic E-state index is 14.0. The van der Waals surface area contributed by atoms with E-state index < -0.39 is 10.0 Å². The summed E-state index contributed by atoms with van der Waals surface area (Å²) in [5.41, 5.74) is 1.28. The maximum Gasteiger partial charge on any atom is 0.240 e. The van der Waals surface area contributed by atoms with Crippen molar-refractivity contribution >= 4 is 31.5 Å². The molecule has 0 atom stereocenters. The van der Waals surface area contributed by atoms with Crippen molar-refractivity contribution in [2.75, 3.05) is 13.2 Å². The van der Waals surface area contributed by atoms with Gasteiger partial charge < -0.3 is 5.11 Å². The number of nitrogens with one attached hydrogen (secondary N) is 1. The zero-order valence-electron chi connectivity index (χ0n) is 12.6. The average Bonchev–Trinajstić information content (AvgIpc) is 2.52. The van der Waals surface area contributed by atoms with Gasteiger partial charge in [-0.25, -0.2) is 17.5 Å². The van der Waals surface area contributed by atoms with E-state index in [0.29, 0.717) is 30.4 Å². The molecule has 0 heterocycles. The lowest BCUT2D eigenvalue weighted by Crippen LogP contribution is -2.24. The lowest BCUT2D eigenvalue weighted by Gasteiger charge is -2.14. The van der Waals surface area contributed by atoms with Crippen LogP contribution < -0.4 is 4.72 Å². The van der Waals surface area contributed by atoms with Gasteiger partial charge in [0.1, 0.15) is 5.83 Å². The Kier molecular flexibility index (Phi) is 6.52. The standard InChI is InChI=1S/C16H19BrFNO3S/c17-13-5-8-15(16(18)11-13)12-3-6-14(7-4-12)23(21,22)19-9-1-2-10-20/h3-4,6-7,11,19-20H,1-2,5,8-10H2. The van der Waals surface area contributed by atoms with Crippen molar-refractivity contribution in [2.45, 2.75) is 30.6 Å². The van der Waals surface area contributed by atoms with Crippen LogP contribution in [0.4, 0.5) is 4.39 Å². The topological polar surface area (TPSA) is 66.4 Å². The third kappa shape index (κ3) is 4.97. The largest absolute Gasteiger partial charge is 0.396 e. The monoisotopic (exact) mass is 403 g/mol. The molecule has 0 spiro atoms. The van der Waals surface area contributed by atoms with Gasteiger partial charge in [0.25, 0.3) is 0 Å². The van der Waals surface area contributed by atoms with Crippen LogP contribution in [0.3, 0.4) is 0 Å². The summed E-state index contributed by atoms with van der Waals surface area (Å²) in [7, 11) is -3.57. The summed E-state index contributed by atoms with van der Waals surface area (Å²) in [5.74, 6) is -0.291.